The highest BCUT2D eigenvalue weighted by molar-refractivity contribution is 7.09. The maximum atomic E-state index is 13.2. The van der Waals surface area contributed by atoms with Gasteiger partial charge in [0.2, 0.25) is 0 Å². The third-order valence-electron chi connectivity index (χ3n) is 2.66. The van der Waals surface area contributed by atoms with Gasteiger partial charge in [-0.2, -0.15) is 0 Å². The Labute approximate surface area is 126 Å². The van der Waals surface area contributed by atoms with Crippen molar-refractivity contribution in [2.45, 2.75) is 6.42 Å². The lowest BCUT2D eigenvalue weighted by Gasteiger charge is -2.06. The summed E-state index contributed by atoms with van der Waals surface area (Å²) in [4.78, 5) is 16.3. The Kier molecular flexibility index (Phi) is 5.43. The molecule has 21 heavy (non-hydrogen) atoms. The van der Waals surface area contributed by atoms with E-state index in [0.717, 1.165) is 5.01 Å². The van der Waals surface area contributed by atoms with E-state index in [2.05, 4.69) is 22.1 Å². The number of thiazole rings is 1. The van der Waals surface area contributed by atoms with E-state index >= 15 is 0 Å². The van der Waals surface area contributed by atoms with E-state index in [9.17, 15) is 9.18 Å². The van der Waals surface area contributed by atoms with Crippen molar-refractivity contribution in [1.82, 2.24) is 10.3 Å². The molecule has 1 heterocycles. The number of carbonyl (C=O) groups is 1. The SMILES string of the molecule is NCC#Cc1cc(F)ccc1C(=O)NCCc1nccs1. The molecule has 0 atom stereocenters. The zero-order valence-corrected chi connectivity index (χ0v) is 12.0. The van der Waals surface area contributed by atoms with Crippen LogP contribution in [0.15, 0.2) is 29.8 Å². The maximum absolute atomic E-state index is 13.2. The van der Waals surface area contributed by atoms with E-state index in [4.69, 9.17) is 5.73 Å². The summed E-state index contributed by atoms with van der Waals surface area (Å²) in [6, 6.07) is 3.90. The molecule has 0 spiro atoms. The number of halogens is 1. The molecule has 2 aromatic rings. The quantitative estimate of drug-likeness (QED) is 0.842. The van der Waals surface area contributed by atoms with Crippen LogP contribution in [-0.2, 0) is 6.42 Å². The van der Waals surface area contributed by atoms with E-state index in [1.54, 1.807) is 6.20 Å². The molecule has 0 saturated heterocycles. The standard InChI is InChI=1S/C15H14FN3OS/c16-12-3-4-13(11(10-12)2-1-6-17)15(20)19-7-5-14-18-8-9-21-14/h3-4,8-10H,5-7,17H2,(H,19,20). The van der Waals surface area contributed by atoms with Crippen molar-refractivity contribution in [2.75, 3.05) is 13.1 Å². The zero-order chi connectivity index (χ0) is 15.1. The third kappa shape index (κ3) is 4.38. The van der Waals surface area contributed by atoms with Crippen molar-refractivity contribution in [2.24, 2.45) is 5.73 Å². The highest BCUT2D eigenvalue weighted by atomic mass is 32.1. The fourth-order valence-corrected chi connectivity index (χ4v) is 2.34. The van der Waals surface area contributed by atoms with Crippen LogP contribution < -0.4 is 11.1 Å². The van der Waals surface area contributed by atoms with Gasteiger partial charge in [0.15, 0.2) is 0 Å². The van der Waals surface area contributed by atoms with Gasteiger partial charge in [0.25, 0.3) is 5.91 Å². The molecule has 4 nitrogen and oxygen atoms in total. The Morgan fingerprint density at radius 3 is 3.05 bits per heavy atom. The minimum Gasteiger partial charge on any atom is -0.352 e. The summed E-state index contributed by atoms with van der Waals surface area (Å²) in [6.45, 7) is 0.620. The van der Waals surface area contributed by atoms with Gasteiger partial charge in [0.1, 0.15) is 5.82 Å². The van der Waals surface area contributed by atoms with E-state index < -0.39 is 5.82 Å². The largest absolute Gasteiger partial charge is 0.352 e. The van der Waals surface area contributed by atoms with Crippen LogP contribution in [0.1, 0.15) is 20.9 Å². The molecule has 108 valence electrons. The molecule has 0 aliphatic carbocycles. The van der Waals surface area contributed by atoms with Crippen LogP contribution in [0.3, 0.4) is 0 Å². The molecule has 0 saturated carbocycles. The smallest absolute Gasteiger partial charge is 0.252 e. The number of benzene rings is 1. The number of nitrogens with one attached hydrogen (secondary N) is 1. The number of nitrogens with zero attached hydrogens (tertiary/aromatic N) is 1. The monoisotopic (exact) mass is 303 g/mol. The molecule has 0 aliphatic rings. The number of aromatic nitrogens is 1. The molecular weight excluding hydrogens is 289 g/mol. The average molecular weight is 303 g/mol. The summed E-state index contributed by atoms with van der Waals surface area (Å²) in [5.41, 5.74) is 5.99. The second-order valence-corrected chi connectivity index (χ2v) is 5.11. The van der Waals surface area contributed by atoms with Crippen LogP contribution in [0.2, 0.25) is 0 Å². The lowest BCUT2D eigenvalue weighted by molar-refractivity contribution is 0.0954. The number of carbonyl (C=O) groups excluding carboxylic acids is 1. The fraction of sp³-hybridized carbons (Fsp3) is 0.200. The van der Waals surface area contributed by atoms with Gasteiger partial charge in [-0.25, -0.2) is 9.37 Å². The first-order chi connectivity index (χ1) is 10.2. The minimum atomic E-state index is -0.435. The second-order valence-electron chi connectivity index (χ2n) is 4.13. The summed E-state index contributed by atoms with van der Waals surface area (Å²) in [7, 11) is 0. The molecule has 6 heteroatoms. The first-order valence-corrected chi connectivity index (χ1v) is 7.23. The van der Waals surface area contributed by atoms with Crippen LogP contribution in [0.4, 0.5) is 4.39 Å². The predicted octanol–water partition coefficient (Wildman–Crippen LogP) is 1.56. The number of nitrogens with two attached hydrogens (primary N) is 1. The average Bonchev–Trinajstić information content (AvgIpc) is 2.98. The van der Waals surface area contributed by atoms with Gasteiger partial charge in [-0.05, 0) is 18.2 Å². The number of hydrogen-bond donors (Lipinski definition) is 2. The Bertz CT molecular complexity index is 674. The van der Waals surface area contributed by atoms with Gasteiger partial charge in [0.05, 0.1) is 17.1 Å². The second kappa shape index (κ2) is 7.53. The molecule has 3 N–H and O–H groups in total. The highest BCUT2D eigenvalue weighted by Crippen LogP contribution is 2.10. The topological polar surface area (TPSA) is 68.0 Å². The van der Waals surface area contributed by atoms with E-state index in [-0.39, 0.29) is 12.5 Å². The van der Waals surface area contributed by atoms with E-state index in [1.165, 1.54) is 29.5 Å². The van der Waals surface area contributed by atoms with Gasteiger partial charge in [-0.1, -0.05) is 11.8 Å². The summed E-state index contributed by atoms with van der Waals surface area (Å²) < 4.78 is 13.2. The lowest BCUT2D eigenvalue weighted by atomic mass is 10.1. The number of hydrogen-bond acceptors (Lipinski definition) is 4. The third-order valence-corrected chi connectivity index (χ3v) is 3.50. The van der Waals surface area contributed by atoms with Crippen LogP contribution >= 0.6 is 11.3 Å². The Morgan fingerprint density at radius 2 is 2.33 bits per heavy atom. The van der Waals surface area contributed by atoms with Gasteiger partial charge < -0.3 is 11.1 Å². The molecule has 0 unspecified atom stereocenters. The molecule has 0 radical (unpaired) electrons. The number of amides is 1. The van der Waals surface area contributed by atoms with Crippen LogP contribution in [0, 0.1) is 17.7 Å². The molecule has 1 amide bonds. The molecular formula is C15H14FN3OS. The summed E-state index contributed by atoms with van der Waals surface area (Å²) in [5.74, 6) is 4.62. The van der Waals surface area contributed by atoms with Crippen molar-refractivity contribution in [3.63, 3.8) is 0 Å². The van der Waals surface area contributed by atoms with Gasteiger partial charge in [-0.15, -0.1) is 11.3 Å². The molecule has 1 aromatic heterocycles. The molecule has 0 fully saturated rings. The highest BCUT2D eigenvalue weighted by Gasteiger charge is 2.11. The molecule has 0 aliphatic heterocycles. The first kappa shape index (κ1) is 15.2. The summed E-state index contributed by atoms with van der Waals surface area (Å²) in [5, 5.41) is 5.62. The van der Waals surface area contributed by atoms with Gasteiger partial charge in [-0.3, -0.25) is 4.79 Å². The van der Waals surface area contributed by atoms with Gasteiger partial charge in [0, 0.05) is 30.1 Å². The number of rotatable bonds is 4. The van der Waals surface area contributed by atoms with Gasteiger partial charge >= 0.3 is 0 Å². The van der Waals surface area contributed by atoms with Crippen molar-refractivity contribution < 1.29 is 9.18 Å². The Hall–Kier alpha value is -2.23. The Balaban J connectivity index is 2.04. The van der Waals surface area contributed by atoms with E-state index in [0.29, 0.717) is 24.1 Å². The lowest BCUT2D eigenvalue weighted by Crippen LogP contribution is -2.26. The predicted molar refractivity (Wildman–Crippen MR) is 80.5 cm³/mol. The summed E-state index contributed by atoms with van der Waals surface area (Å²) in [6.07, 6.45) is 2.39. The zero-order valence-electron chi connectivity index (χ0n) is 11.2. The normalized spacial score (nSPS) is 9.81. The van der Waals surface area contributed by atoms with E-state index in [1.807, 2.05) is 5.38 Å². The van der Waals surface area contributed by atoms with Crippen molar-refractivity contribution in [3.05, 3.63) is 51.7 Å². The Morgan fingerprint density at radius 1 is 1.48 bits per heavy atom. The molecule has 0 bridgehead atoms. The van der Waals surface area contributed by atoms with Crippen molar-refractivity contribution >= 4 is 17.2 Å². The summed E-state index contributed by atoms with van der Waals surface area (Å²) >= 11 is 1.54. The fourth-order valence-electron chi connectivity index (χ4n) is 1.72. The minimum absolute atomic E-state index is 0.154. The maximum Gasteiger partial charge on any atom is 0.252 e. The molecule has 2 rings (SSSR count). The van der Waals surface area contributed by atoms with Crippen molar-refractivity contribution in [1.29, 1.82) is 0 Å². The van der Waals surface area contributed by atoms with Crippen LogP contribution in [0.25, 0.3) is 0 Å². The van der Waals surface area contributed by atoms with Crippen molar-refractivity contribution in [3.8, 4) is 11.8 Å². The molecule has 1 aromatic carbocycles. The first-order valence-electron chi connectivity index (χ1n) is 6.36. The van der Waals surface area contributed by atoms with Crippen LogP contribution in [-0.4, -0.2) is 24.0 Å². The van der Waals surface area contributed by atoms with Crippen LogP contribution in [0.5, 0.6) is 0 Å².